The van der Waals surface area contributed by atoms with E-state index in [0.717, 1.165) is 4.90 Å². The summed E-state index contributed by atoms with van der Waals surface area (Å²) < 4.78 is 48.0. The first-order chi connectivity index (χ1) is 25.4. The van der Waals surface area contributed by atoms with Crippen LogP contribution >= 0.6 is 27.5 Å². The van der Waals surface area contributed by atoms with Crippen LogP contribution < -0.4 is 30.2 Å². The van der Waals surface area contributed by atoms with Gasteiger partial charge in [0.2, 0.25) is 17.8 Å². The van der Waals surface area contributed by atoms with Crippen molar-refractivity contribution < 1.29 is 37.3 Å². The lowest BCUT2D eigenvalue weighted by atomic mass is 10.1. The van der Waals surface area contributed by atoms with Crippen molar-refractivity contribution >= 4 is 68.4 Å². The number of alkyl halides is 2. The van der Waals surface area contributed by atoms with Crippen LogP contribution in [0.5, 0.6) is 17.4 Å². The van der Waals surface area contributed by atoms with Crippen molar-refractivity contribution in [2.45, 2.75) is 12.8 Å². The van der Waals surface area contributed by atoms with Gasteiger partial charge in [0.15, 0.2) is 0 Å². The molecule has 0 aliphatic carbocycles. The largest absolute Gasteiger partial charge is 0.495 e. The fourth-order valence-electron chi connectivity index (χ4n) is 5.15. The minimum absolute atomic E-state index is 0.0348. The lowest BCUT2D eigenvalue weighted by Gasteiger charge is -2.38. The molecule has 2 aliphatic heterocycles. The van der Waals surface area contributed by atoms with E-state index < -0.39 is 24.9 Å². The number of hydrogen-bond donors (Lipinski definition) is 3. The standard InChI is InChI=1S/C18H21BrN4O4.C16H16ClF2N5O2/c1-3-27-15-10-12(17(24)23-6-8-26-9-7-23)4-5-14(15)21-18-20-11-13(19)16(22-18)25-2;1-20-13-10(17)6-21-15(23-13)22-11-4-3-9(5-12(11)26-2)14(25)24-7-16(18,19)8-24/h4-5,10-11H,3,6-9H2,1-2H3,(H,20,21,22);3-6H,7-8H2,1-2H3,(H2,20,21,22,23). The van der Waals surface area contributed by atoms with E-state index in [1.807, 2.05) is 6.92 Å². The van der Waals surface area contributed by atoms with Crippen LogP contribution in [0.3, 0.4) is 0 Å². The second kappa shape index (κ2) is 17.6. The quantitative estimate of drug-likeness (QED) is 0.165. The maximum atomic E-state index is 12.9. The molecule has 15 nitrogen and oxygen atoms in total. The molecule has 2 aromatic heterocycles. The number of carbonyl (C=O) groups excluding carboxylic acids is 2. The zero-order valence-corrected chi connectivity index (χ0v) is 31.6. The Bertz CT molecular complexity index is 1930. The first-order valence-electron chi connectivity index (χ1n) is 16.2. The summed E-state index contributed by atoms with van der Waals surface area (Å²) in [5.41, 5.74) is 2.01. The molecule has 0 bridgehead atoms. The van der Waals surface area contributed by atoms with Crippen LogP contribution in [0.4, 0.5) is 37.9 Å². The Morgan fingerprint density at radius 1 is 0.906 bits per heavy atom. The molecule has 2 amide bonds. The van der Waals surface area contributed by atoms with Crippen molar-refractivity contribution in [3.63, 3.8) is 0 Å². The van der Waals surface area contributed by atoms with Gasteiger partial charge in [-0.25, -0.2) is 18.7 Å². The molecule has 6 rings (SSSR count). The number of methoxy groups -OCH3 is 2. The summed E-state index contributed by atoms with van der Waals surface area (Å²) in [6.45, 7) is 3.52. The van der Waals surface area contributed by atoms with E-state index in [4.69, 9.17) is 30.5 Å². The van der Waals surface area contributed by atoms with Crippen LogP contribution in [-0.2, 0) is 4.74 Å². The Hall–Kier alpha value is -5.07. The van der Waals surface area contributed by atoms with Crippen molar-refractivity contribution in [2.24, 2.45) is 0 Å². The molecule has 3 N–H and O–H groups in total. The molecule has 0 atom stereocenters. The number of hydrogen-bond acceptors (Lipinski definition) is 13. The van der Waals surface area contributed by atoms with Crippen molar-refractivity contribution in [3.8, 4) is 17.4 Å². The number of rotatable bonds is 11. The third-order valence-electron chi connectivity index (χ3n) is 7.79. The molecule has 0 saturated carbocycles. The van der Waals surface area contributed by atoms with Gasteiger partial charge in [0, 0.05) is 31.3 Å². The van der Waals surface area contributed by atoms with E-state index in [2.05, 4.69) is 51.8 Å². The molecule has 2 fully saturated rings. The number of ether oxygens (including phenoxy) is 4. The number of nitrogens with one attached hydrogen (secondary N) is 3. The molecular formula is C34H37BrClF2N9O6. The summed E-state index contributed by atoms with van der Waals surface area (Å²) in [5.74, 6) is -0.888. The number of halogens is 4. The number of nitrogens with zero attached hydrogens (tertiary/aromatic N) is 6. The molecule has 0 spiro atoms. The molecule has 2 aliphatic rings. The lowest BCUT2D eigenvalue weighted by Crippen LogP contribution is -2.58. The topological polar surface area (TPSA) is 165 Å². The predicted molar refractivity (Wildman–Crippen MR) is 198 cm³/mol. The second-order valence-corrected chi connectivity index (χ2v) is 12.7. The van der Waals surface area contributed by atoms with Crippen LogP contribution in [0.25, 0.3) is 0 Å². The van der Waals surface area contributed by atoms with Gasteiger partial charge in [-0.15, -0.1) is 0 Å². The van der Waals surface area contributed by atoms with Crippen molar-refractivity contribution in [3.05, 3.63) is 69.4 Å². The molecular weight excluding hydrogens is 784 g/mol. The van der Waals surface area contributed by atoms with Gasteiger partial charge in [0.25, 0.3) is 17.7 Å². The van der Waals surface area contributed by atoms with E-state index >= 15 is 0 Å². The molecule has 0 radical (unpaired) electrons. The predicted octanol–water partition coefficient (Wildman–Crippen LogP) is 5.88. The van der Waals surface area contributed by atoms with Gasteiger partial charge in [-0.1, -0.05) is 11.6 Å². The Balaban J connectivity index is 0.000000204. The fraction of sp³-hybridized carbons (Fsp3) is 0.353. The minimum Gasteiger partial charge on any atom is -0.495 e. The van der Waals surface area contributed by atoms with Crippen LogP contribution in [0.15, 0.2) is 53.3 Å². The monoisotopic (exact) mass is 819 g/mol. The molecule has 4 heterocycles. The van der Waals surface area contributed by atoms with Crippen LogP contribution in [0.1, 0.15) is 27.6 Å². The van der Waals surface area contributed by atoms with Gasteiger partial charge in [-0.2, -0.15) is 9.97 Å². The number of anilines is 5. The molecule has 2 saturated heterocycles. The lowest BCUT2D eigenvalue weighted by molar-refractivity contribution is -0.113. The van der Waals surface area contributed by atoms with Crippen molar-refractivity contribution in [1.82, 2.24) is 29.7 Å². The van der Waals surface area contributed by atoms with Crippen LogP contribution in [0, 0.1) is 0 Å². The fourth-order valence-corrected chi connectivity index (χ4v) is 5.69. The molecule has 4 aromatic rings. The van der Waals surface area contributed by atoms with Crippen LogP contribution in [0.2, 0.25) is 5.02 Å². The summed E-state index contributed by atoms with van der Waals surface area (Å²) in [6.07, 6.45) is 3.04. The summed E-state index contributed by atoms with van der Waals surface area (Å²) in [4.78, 5) is 44.6. The highest BCUT2D eigenvalue weighted by molar-refractivity contribution is 9.10. The number of benzene rings is 2. The van der Waals surface area contributed by atoms with Crippen molar-refractivity contribution in [2.75, 3.05) is 83.2 Å². The maximum absolute atomic E-state index is 12.9. The number of amides is 2. The highest BCUT2D eigenvalue weighted by atomic mass is 79.9. The second-order valence-electron chi connectivity index (χ2n) is 11.4. The molecule has 53 heavy (non-hydrogen) atoms. The van der Waals surface area contributed by atoms with E-state index in [1.54, 1.807) is 42.4 Å². The highest BCUT2D eigenvalue weighted by Gasteiger charge is 2.46. The van der Waals surface area contributed by atoms with Gasteiger partial charge < -0.3 is 44.7 Å². The Kier molecular flexibility index (Phi) is 13.0. The van der Waals surface area contributed by atoms with Gasteiger partial charge >= 0.3 is 0 Å². The van der Waals surface area contributed by atoms with Crippen molar-refractivity contribution in [1.29, 1.82) is 0 Å². The number of aromatic nitrogens is 4. The SMILES string of the molecule is CCOc1cc(C(=O)N2CCOCC2)ccc1Nc1ncc(Br)c(OC)n1.CNc1nc(Nc2ccc(C(=O)N3CC(F)(F)C3)cc2OC)ncc1Cl. The first-order valence-corrected chi connectivity index (χ1v) is 17.4. The normalized spacial score (nSPS) is 14.6. The van der Waals surface area contributed by atoms with Gasteiger partial charge in [0.1, 0.15) is 22.3 Å². The molecule has 282 valence electrons. The summed E-state index contributed by atoms with van der Waals surface area (Å²) in [5, 5.41) is 9.30. The first kappa shape index (κ1) is 39.1. The van der Waals surface area contributed by atoms with E-state index in [1.165, 1.54) is 32.5 Å². The van der Waals surface area contributed by atoms with Gasteiger partial charge in [0.05, 0.1) is 75.4 Å². The summed E-state index contributed by atoms with van der Waals surface area (Å²) in [6, 6.07) is 9.89. The Morgan fingerprint density at radius 2 is 1.49 bits per heavy atom. The van der Waals surface area contributed by atoms with Gasteiger partial charge in [-0.05, 0) is 59.3 Å². The molecule has 19 heteroatoms. The Morgan fingerprint density at radius 3 is 2.08 bits per heavy atom. The number of morpholine rings is 1. The number of carbonyl (C=O) groups is 2. The summed E-state index contributed by atoms with van der Waals surface area (Å²) in [7, 11) is 4.65. The summed E-state index contributed by atoms with van der Waals surface area (Å²) >= 11 is 9.27. The average Bonchev–Trinajstić information content (AvgIpc) is 3.16. The maximum Gasteiger partial charge on any atom is 0.282 e. The third kappa shape index (κ3) is 9.88. The minimum atomic E-state index is -2.81. The van der Waals surface area contributed by atoms with E-state index in [9.17, 15) is 18.4 Å². The van der Waals surface area contributed by atoms with E-state index in [0.29, 0.717) is 88.5 Å². The molecule has 0 unspecified atom stereocenters. The van der Waals surface area contributed by atoms with Gasteiger partial charge in [-0.3, -0.25) is 9.59 Å². The average molecular weight is 821 g/mol. The highest BCUT2D eigenvalue weighted by Crippen LogP contribution is 2.33. The van der Waals surface area contributed by atoms with Crippen LogP contribution in [-0.4, -0.2) is 115 Å². The molecule has 2 aromatic carbocycles. The zero-order valence-electron chi connectivity index (χ0n) is 29.2. The van der Waals surface area contributed by atoms with E-state index in [-0.39, 0.29) is 17.4 Å². The smallest absolute Gasteiger partial charge is 0.282 e. The number of likely N-dealkylation sites (tertiary alicyclic amines) is 1. The zero-order chi connectivity index (χ0) is 38.1. The Labute approximate surface area is 317 Å². The third-order valence-corrected chi connectivity index (χ3v) is 8.61.